The van der Waals surface area contributed by atoms with Crippen LogP contribution in [0.3, 0.4) is 0 Å². The lowest BCUT2D eigenvalue weighted by atomic mass is 9.93. The van der Waals surface area contributed by atoms with Gasteiger partial charge in [-0.25, -0.2) is 13.6 Å². The highest BCUT2D eigenvalue weighted by atomic mass is 32.2. The van der Waals surface area contributed by atoms with Crippen LogP contribution in [0.15, 0.2) is 17.0 Å². The molecule has 0 amide bonds. The van der Waals surface area contributed by atoms with Crippen LogP contribution >= 0.6 is 0 Å². The molecule has 18 heavy (non-hydrogen) atoms. The van der Waals surface area contributed by atoms with Crippen molar-refractivity contribution in [1.29, 1.82) is 5.26 Å². The normalized spacial score (nSPS) is 11.9. The van der Waals surface area contributed by atoms with Gasteiger partial charge in [-0.15, -0.1) is 0 Å². The number of nitrogens with zero attached hydrogens (tertiary/aromatic N) is 1. The van der Waals surface area contributed by atoms with E-state index in [4.69, 9.17) is 10.4 Å². The Hall–Kier alpha value is -1.38. The van der Waals surface area contributed by atoms with Crippen molar-refractivity contribution in [2.75, 3.05) is 0 Å². The minimum absolute atomic E-state index is 0.0101. The summed E-state index contributed by atoms with van der Waals surface area (Å²) in [5, 5.41) is 14.3. The van der Waals surface area contributed by atoms with Gasteiger partial charge in [0.1, 0.15) is 0 Å². The smallest absolute Gasteiger partial charge is 0.225 e. The van der Waals surface area contributed by atoms with E-state index in [2.05, 4.69) is 6.07 Å². The molecule has 0 aliphatic carbocycles. The Morgan fingerprint density at radius 3 is 1.72 bits per heavy atom. The molecule has 0 heterocycles. The van der Waals surface area contributed by atoms with Crippen LogP contribution in [0.4, 0.5) is 0 Å². The van der Waals surface area contributed by atoms with Gasteiger partial charge in [0.05, 0.1) is 16.5 Å². The van der Waals surface area contributed by atoms with Gasteiger partial charge in [-0.1, -0.05) is 27.7 Å². The van der Waals surface area contributed by atoms with Crippen molar-refractivity contribution in [1.82, 2.24) is 0 Å². The van der Waals surface area contributed by atoms with Crippen molar-refractivity contribution >= 4 is 10.0 Å². The van der Waals surface area contributed by atoms with E-state index in [1.165, 1.54) is 0 Å². The molecule has 2 N–H and O–H groups in total. The molecule has 1 aromatic rings. The van der Waals surface area contributed by atoms with Crippen LogP contribution in [-0.4, -0.2) is 8.42 Å². The highest BCUT2D eigenvalue weighted by molar-refractivity contribution is 7.89. The van der Waals surface area contributed by atoms with E-state index in [9.17, 15) is 8.42 Å². The summed E-state index contributed by atoms with van der Waals surface area (Å²) in [4.78, 5) is 0.173. The highest BCUT2D eigenvalue weighted by Gasteiger charge is 2.23. The molecule has 0 bridgehead atoms. The third-order valence-corrected chi connectivity index (χ3v) is 3.84. The summed E-state index contributed by atoms with van der Waals surface area (Å²) in [5.74, 6) is -0.0201. The van der Waals surface area contributed by atoms with Gasteiger partial charge in [0, 0.05) is 0 Å². The van der Waals surface area contributed by atoms with Gasteiger partial charge in [0.15, 0.2) is 0 Å². The summed E-state index contributed by atoms with van der Waals surface area (Å²) in [6, 6.07) is 5.28. The number of rotatable bonds is 3. The zero-order valence-electron chi connectivity index (χ0n) is 11.1. The molecular formula is C13H18N2O2S. The number of nitriles is 1. The lowest BCUT2D eigenvalue weighted by Crippen LogP contribution is -2.18. The van der Waals surface area contributed by atoms with Gasteiger partial charge in [-0.3, -0.25) is 0 Å². The van der Waals surface area contributed by atoms with E-state index in [0.717, 1.165) is 0 Å². The van der Waals surface area contributed by atoms with Crippen molar-refractivity contribution in [3.05, 3.63) is 28.8 Å². The minimum atomic E-state index is -3.79. The van der Waals surface area contributed by atoms with E-state index in [-0.39, 0.29) is 16.7 Å². The van der Waals surface area contributed by atoms with Crippen molar-refractivity contribution in [3.8, 4) is 6.07 Å². The first-order valence-corrected chi connectivity index (χ1v) is 7.33. The largest absolute Gasteiger partial charge is 0.238 e. The van der Waals surface area contributed by atoms with Crippen LogP contribution in [0.5, 0.6) is 0 Å². The summed E-state index contributed by atoms with van der Waals surface area (Å²) in [5.41, 5.74) is 1.69. The fraction of sp³-hybridized carbons (Fsp3) is 0.462. The molecule has 1 rings (SSSR count). The fourth-order valence-electron chi connectivity index (χ4n) is 1.93. The van der Waals surface area contributed by atoms with E-state index in [0.29, 0.717) is 16.7 Å². The third kappa shape index (κ3) is 2.89. The van der Waals surface area contributed by atoms with Gasteiger partial charge in [0.2, 0.25) is 10.0 Å². The van der Waals surface area contributed by atoms with Gasteiger partial charge in [-0.2, -0.15) is 5.26 Å². The van der Waals surface area contributed by atoms with E-state index in [1.807, 2.05) is 27.7 Å². The van der Waals surface area contributed by atoms with Crippen molar-refractivity contribution in [2.45, 2.75) is 44.4 Å². The van der Waals surface area contributed by atoms with Gasteiger partial charge >= 0.3 is 0 Å². The molecule has 0 aliphatic heterocycles. The summed E-state index contributed by atoms with van der Waals surface area (Å²) >= 11 is 0. The number of benzene rings is 1. The van der Waals surface area contributed by atoms with E-state index >= 15 is 0 Å². The summed E-state index contributed by atoms with van der Waals surface area (Å²) in [7, 11) is -3.79. The van der Waals surface area contributed by atoms with E-state index in [1.54, 1.807) is 12.1 Å². The van der Waals surface area contributed by atoms with Crippen LogP contribution in [0, 0.1) is 11.3 Å². The maximum absolute atomic E-state index is 11.8. The number of sulfonamides is 1. The molecule has 4 nitrogen and oxygen atoms in total. The SMILES string of the molecule is CC(C)c1cc(C#N)cc(C(C)C)c1S(N)(=O)=O. The Kier molecular flexibility index (Phi) is 4.15. The first-order chi connectivity index (χ1) is 8.18. The molecule has 0 fully saturated rings. The maximum atomic E-state index is 11.8. The second-order valence-corrected chi connectivity index (χ2v) is 6.45. The van der Waals surface area contributed by atoms with Crippen molar-refractivity contribution < 1.29 is 8.42 Å². The average Bonchev–Trinajstić information content (AvgIpc) is 2.25. The van der Waals surface area contributed by atoms with Crippen LogP contribution in [0.2, 0.25) is 0 Å². The summed E-state index contributed by atoms with van der Waals surface area (Å²) in [6.45, 7) is 7.54. The first kappa shape index (κ1) is 14.7. The summed E-state index contributed by atoms with van der Waals surface area (Å²) in [6.07, 6.45) is 0. The molecule has 0 radical (unpaired) electrons. The fourth-order valence-corrected chi connectivity index (χ4v) is 3.17. The molecule has 0 saturated heterocycles. The number of hydrogen-bond acceptors (Lipinski definition) is 3. The average molecular weight is 266 g/mol. The Balaban J connectivity index is 3.80. The van der Waals surface area contributed by atoms with Crippen LogP contribution in [0.1, 0.15) is 56.2 Å². The lowest BCUT2D eigenvalue weighted by molar-refractivity contribution is 0.592. The predicted octanol–water partition coefficient (Wildman–Crippen LogP) is 2.45. The van der Waals surface area contributed by atoms with Crippen LogP contribution in [0.25, 0.3) is 0 Å². The van der Waals surface area contributed by atoms with Gasteiger partial charge in [-0.05, 0) is 35.1 Å². The zero-order valence-corrected chi connectivity index (χ0v) is 11.9. The molecule has 1 aromatic carbocycles. The Bertz CT molecular complexity index is 567. The summed E-state index contributed by atoms with van der Waals surface area (Å²) < 4.78 is 23.6. The monoisotopic (exact) mass is 266 g/mol. The topological polar surface area (TPSA) is 83.9 Å². The highest BCUT2D eigenvalue weighted by Crippen LogP contribution is 2.32. The van der Waals surface area contributed by atoms with Crippen molar-refractivity contribution in [2.24, 2.45) is 5.14 Å². The maximum Gasteiger partial charge on any atom is 0.238 e. The van der Waals surface area contributed by atoms with Gasteiger partial charge in [0.25, 0.3) is 0 Å². The Labute approximate surface area is 108 Å². The molecule has 0 unspecified atom stereocenters. The number of nitrogens with two attached hydrogens (primary N) is 1. The number of primary sulfonamides is 1. The number of hydrogen-bond donors (Lipinski definition) is 1. The van der Waals surface area contributed by atoms with E-state index < -0.39 is 10.0 Å². The van der Waals surface area contributed by atoms with Crippen LogP contribution < -0.4 is 5.14 Å². The molecule has 5 heteroatoms. The van der Waals surface area contributed by atoms with Crippen LogP contribution in [-0.2, 0) is 10.0 Å². The van der Waals surface area contributed by atoms with Gasteiger partial charge < -0.3 is 0 Å². The Morgan fingerprint density at radius 2 is 1.50 bits per heavy atom. The molecule has 0 aliphatic rings. The molecule has 0 aromatic heterocycles. The molecular weight excluding hydrogens is 248 g/mol. The molecule has 0 saturated carbocycles. The molecule has 0 spiro atoms. The Morgan fingerprint density at radius 1 is 1.11 bits per heavy atom. The molecule has 98 valence electrons. The second-order valence-electron chi connectivity index (χ2n) is 4.95. The predicted molar refractivity (Wildman–Crippen MR) is 70.7 cm³/mol. The van der Waals surface area contributed by atoms with Crippen molar-refractivity contribution in [3.63, 3.8) is 0 Å². The zero-order chi connectivity index (χ0) is 14.1. The minimum Gasteiger partial charge on any atom is -0.225 e. The standard InChI is InChI=1S/C13H18N2O2S/c1-8(2)11-5-10(7-14)6-12(9(3)4)13(11)18(15,16)17/h5-6,8-9H,1-4H3,(H2,15,16,17). The second kappa shape index (κ2) is 5.09. The lowest BCUT2D eigenvalue weighted by Gasteiger charge is -2.18. The molecule has 0 atom stereocenters. The quantitative estimate of drug-likeness (QED) is 0.912. The first-order valence-electron chi connectivity index (χ1n) is 5.79. The third-order valence-electron chi connectivity index (χ3n) is 2.80.